The Morgan fingerprint density at radius 3 is 2.30 bits per heavy atom. The highest BCUT2D eigenvalue weighted by atomic mass is 19.4. The first-order valence-electron chi connectivity index (χ1n) is 6.25. The zero-order chi connectivity index (χ0) is 14.6. The first kappa shape index (κ1) is 14.5. The van der Waals surface area contributed by atoms with Crippen molar-refractivity contribution in [2.45, 2.75) is 18.6 Å². The lowest BCUT2D eigenvalue weighted by Crippen LogP contribution is -2.23. The molecule has 0 fully saturated rings. The molecule has 1 aromatic heterocycles. The standard InChI is InChI=1S/C15H15F3N2/c1-19-14(10-15(16,17)18)12-7-5-11(6-8-12)13-4-2-3-9-20-13/h2-9,14,19H,10H2,1H3. The monoisotopic (exact) mass is 280 g/mol. The molecule has 2 rings (SSSR count). The Labute approximate surface area is 115 Å². The number of alkyl halides is 3. The fourth-order valence-electron chi connectivity index (χ4n) is 2.04. The second-order valence-corrected chi connectivity index (χ2v) is 4.50. The maximum absolute atomic E-state index is 12.5. The van der Waals surface area contributed by atoms with Crippen molar-refractivity contribution in [3.05, 3.63) is 54.2 Å². The van der Waals surface area contributed by atoms with Gasteiger partial charge in [0.1, 0.15) is 0 Å². The van der Waals surface area contributed by atoms with Gasteiger partial charge in [0.2, 0.25) is 0 Å². The highest BCUT2D eigenvalue weighted by molar-refractivity contribution is 5.59. The van der Waals surface area contributed by atoms with Gasteiger partial charge >= 0.3 is 6.18 Å². The highest BCUT2D eigenvalue weighted by Crippen LogP contribution is 2.30. The molecule has 5 heteroatoms. The van der Waals surface area contributed by atoms with E-state index in [0.717, 1.165) is 11.3 Å². The van der Waals surface area contributed by atoms with E-state index in [1.54, 1.807) is 30.5 Å². The Balaban J connectivity index is 2.19. The van der Waals surface area contributed by atoms with Crippen LogP contribution < -0.4 is 5.32 Å². The largest absolute Gasteiger partial charge is 0.390 e. The molecule has 1 unspecified atom stereocenters. The van der Waals surface area contributed by atoms with Gasteiger partial charge in [0.25, 0.3) is 0 Å². The fourth-order valence-corrected chi connectivity index (χ4v) is 2.04. The summed E-state index contributed by atoms with van der Waals surface area (Å²) in [5.41, 5.74) is 2.30. The summed E-state index contributed by atoms with van der Waals surface area (Å²) in [4.78, 5) is 4.21. The van der Waals surface area contributed by atoms with Crippen molar-refractivity contribution in [2.24, 2.45) is 0 Å². The van der Waals surface area contributed by atoms with E-state index in [0.29, 0.717) is 5.56 Å². The predicted octanol–water partition coefficient (Wildman–Crippen LogP) is 3.96. The van der Waals surface area contributed by atoms with Gasteiger partial charge in [-0.1, -0.05) is 30.3 Å². The topological polar surface area (TPSA) is 24.9 Å². The minimum Gasteiger partial charge on any atom is -0.313 e. The van der Waals surface area contributed by atoms with Crippen molar-refractivity contribution >= 4 is 0 Å². The molecule has 2 aromatic rings. The second-order valence-electron chi connectivity index (χ2n) is 4.50. The Kier molecular flexibility index (Phi) is 4.39. The molecule has 106 valence electrons. The molecule has 0 saturated carbocycles. The molecule has 0 aliphatic carbocycles. The van der Waals surface area contributed by atoms with Gasteiger partial charge in [-0.15, -0.1) is 0 Å². The van der Waals surface area contributed by atoms with E-state index in [-0.39, 0.29) is 0 Å². The molecule has 0 amide bonds. The number of halogens is 3. The van der Waals surface area contributed by atoms with Crippen LogP contribution in [0.5, 0.6) is 0 Å². The molecule has 0 aliphatic heterocycles. The molecule has 20 heavy (non-hydrogen) atoms. The molecule has 1 N–H and O–H groups in total. The highest BCUT2D eigenvalue weighted by Gasteiger charge is 2.31. The number of pyridine rings is 1. The number of hydrogen-bond acceptors (Lipinski definition) is 2. The normalized spacial score (nSPS) is 13.2. The molecule has 0 radical (unpaired) electrons. The van der Waals surface area contributed by atoms with Crippen LogP contribution in [0.3, 0.4) is 0 Å². The maximum Gasteiger partial charge on any atom is 0.390 e. The number of hydrogen-bond donors (Lipinski definition) is 1. The fraction of sp³-hybridized carbons (Fsp3) is 0.267. The average Bonchev–Trinajstić information content (AvgIpc) is 2.45. The minimum atomic E-state index is -4.19. The molecule has 0 spiro atoms. The Bertz CT molecular complexity index is 535. The molecule has 1 aromatic carbocycles. The van der Waals surface area contributed by atoms with Crippen LogP contribution >= 0.6 is 0 Å². The third-order valence-corrected chi connectivity index (χ3v) is 3.06. The third-order valence-electron chi connectivity index (χ3n) is 3.06. The Morgan fingerprint density at radius 1 is 1.10 bits per heavy atom. The third kappa shape index (κ3) is 3.81. The van der Waals surface area contributed by atoms with Crippen LogP contribution in [0.4, 0.5) is 13.2 Å². The molecule has 0 bridgehead atoms. The first-order valence-corrected chi connectivity index (χ1v) is 6.25. The second kappa shape index (κ2) is 6.05. The van der Waals surface area contributed by atoms with Crippen LogP contribution in [0.15, 0.2) is 48.7 Å². The van der Waals surface area contributed by atoms with E-state index in [1.165, 1.54) is 7.05 Å². The summed E-state index contributed by atoms with van der Waals surface area (Å²) >= 11 is 0. The number of aromatic nitrogens is 1. The van der Waals surface area contributed by atoms with Gasteiger partial charge in [-0.05, 0) is 24.7 Å². The summed E-state index contributed by atoms with van der Waals surface area (Å²) in [6.07, 6.45) is -3.39. The van der Waals surface area contributed by atoms with Crippen LogP contribution in [-0.4, -0.2) is 18.2 Å². The van der Waals surface area contributed by atoms with Gasteiger partial charge in [-0.2, -0.15) is 13.2 Å². The van der Waals surface area contributed by atoms with Gasteiger partial charge in [-0.3, -0.25) is 4.98 Å². The molecule has 0 aliphatic rings. The van der Waals surface area contributed by atoms with Crippen molar-refractivity contribution < 1.29 is 13.2 Å². The van der Waals surface area contributed by atoms with Gasteiger partial charge in [0, 0.05) is 17.8 Å². The van der Waals surface area contributed by atoms with E-state index in [2.05, 4.69) is 10.3 Å². The summed E-state index contributed by atoms with van der Waals surface area (Å²) in [7, 11) is 1.53. The van der Waals surface area contributed by atoms with Gasteiger partial charge in [0.05, 0.1) is 12.1 Å². The molecular weight excluding hydrogens is 265 g/mol. The number of nitrogens with one attached hydrogen (secondary N) is 1. The quantitative estimate of drug-likeness (QED) is 0.917. The summed E-state index contributed by atoms with van der Waals surface area (Å²) in [6, 6.07) is 11.8. The van der Waals surface area contributed by atoms with Crippen LogP contribution in [0.2, 0.25) is 0 Å². The zero-order valence-corrected chi connectivity index (χ0v) is 11.0. The van der Waals surface area contributed by atoms with Crippen LogP contribution in [0, 0.1) is 0 Å². The van der Waals surface area contributed by atoms with Crippen molar-refractivity contribution in [3.63, 3.8) is 0 Å². The van der Waals surface area contributed by atoms with Gasteiger partial charge in [-0.25, -0.2) is 0 Å². The van der Waals surface area contributed by atoms with E-state index < -0.39 is 18.6 Å². The summed E-state index contributed by atoms with van der Waals surface area (Å²) in [6.45, 7) is 0. The molecule has 1 heterocycles. The number of nitrogens with zero attached hydrogens (tertiary/aromatic N) is 1. The Morgan fingerprint density at radius 2 is 1.80 bits per heavy atom. The van der Waals surface area contributed by atoms with Crippen molar-refractivity contribution in [3.8, 4) is 11.3 Å². The summed E-state index contributed by atoms with van der Waals surface area (Å²) in [5, 5.41) is 2.70. The molecule has 2 nitrogen and oxygen atoms in total. The first-order chi connectivity index (χ1) is 9.49. The number of rotatable bonds is 4. The summed E-state index contributed by atoms with van der Waals surface area (Å²) < 4.78 is 37.4. The molecular formula is C15H15F3N2. The van der Waals surface area contributed by atoms with Crippen molar-refractivity contribution in [1.29, 1.82) is 0 Å². The van der Waals surface area contributed by atoms with E-state index in [1.807, 2.05) is 18.2 Å². The maximum atomic E-state index is 12.5. The van der Waals surface area contributed by atoms with Crippen LogP contribution in [-0.2, 0) is 0 Å². The van der Waals surface area contributed by atoms with E-state index >= 15 is 0 Å². The lowest BCUT2D eigenvalue weighted by atomic mass is 10.0. The minimum absolute atomic E-state index is 0.615. The summed E-state index contributed by atoms with van der Waals surface area (Å²) in [5.74, 6) is 0. The lowest BCUT2D eigenvalue weighted by Gasteiger charge is -2.18. The average molecular weight is 280 g/mol. The molecule has 0 saturated heterocycles. The SMILES string of the molecule is CNC(CC(F)(F)F)c1ccc(-c2ccccn2)cc1. The van der Waals surface area contributed by atoms with Crippen molar-refractivity contribution in [2.75, 3.05) is 7.05 Å². The zero-order valence-electron chi connectivity index (χ0n) is 11.0. The van der Waals surface area contributed by atoms with Crippen LogP contribution in [0.25, 0.3) is 11.3 Å². The van der Waals surface area contributed by atoms with Crippen LogP contribution in [0.1, 0.15) is 18.0 Å². The number of benzene rings is 1. The van der Waals surface area contributed by atoms with Crippen molar-refractivity contribution in [1.82, 2.24) is 10.3 Å². The van der Waals surface area contributed by atoms with E-state index in [9.17, 15) is 13.2 Å². The smallest absolute Gasteiger partial charge is 0.313 e. The van der Waals surface area contributed by atoms with Gasteiger partial charge in [0.15, 0.2) is 0 Å². The van der Waals surface area contributed by atoms with E-state index in [4.69, 9.17) is 0 Å². The van der Waals surface area contributed by atoms with Gasteiger partial charge < -0.3 is 5.32 Å². The lowest BCUT2D eigenvalue weighted by molar-refractivity contribution is -0.140. The molecule has 1 atom stereocenters. The predicted molar refractivity (Wildman–Crippen MR) is 72.1 cm³/mol. The Hall–Kier alpha value is -1.88.